The Bertz CT molecular complexity index is 455. The fourth-order valence-corrected chi connectivity index (χ4v) is 1.79. The van der Waals surface area contributed by atoms with Gasteiger partial charge in [-0.25, -0.2) is 4.79 Å². The Labute approximate surface area is 106 Å². The summed E-state index contributed by atoms with van der Waals surface area (Å²) in [5.74, 6) is -1.41. The predicted molar refractivity (Wildman–Crippen MR) is 63.6 cm³/mol. The summed E-state index contributed by atoms with van der Waals surface area (Å²) in [7, 11) is 2.93. The van der Waals surface area contributed by atoms with Crippen molar-refractivity contribution in [3.05, 3.63) is 22.2 Å². The first-order chi connectivity index (χ1) is 7.99. The lowest BCUT2D eigenvalue weighted by Crippen LogP contribution is -2.15. The first-order valence-electron chi connectivity index (χ1n) is 4.66. The van der Waals surface area contributed by atoms with Crippen molar-refractivity contribution in [3.8, 4) is 11.5 Å². The number of hydrogen-bond donors (Lipinski definition) is 1. The van der Waals surface area contributed by atoms with Gasteiger partial charge >= 0.3 is 5.97 Å². The van der Waals surface area contributed by atoms with Crippen LogP contribution in [0.5, 0.6) is 11.5 Å². The number of Topliss-reactive ketones (excluding diaryl/α,β-unsaturated/α-hetero) is 1. The molecule has 0 radical (unpaired) electrons. The number of rotatable bonds is 5. The van der Waals surface area contributed by atoms with Crippen LogP contribution in [0.2, 0.25) is 0 Å². The first-order valence-corrected chi connectivity index (χ1v) is 5.45. The Morgan fingerprint density at radius 3 is 2.29 bits per heavy atom. The van der Waals surface area contributed by atoms with E-state index >= 15 is 0 Å². The van der Waals surface area contributed by atoms with Gasteiger partial charge in [0.15, 0.2) is 0 Å². The number of carbonyl (C=O) groups excluding carboxylic acids is 1. The quantitative estimate of drug-likeness (QED) is 0.838. The van der Waals surface area contributed by atoms with E-state index in [9.17, 15) is 9.59 Å². The van der Waals surface area contributed by atoms with Crippen LogP contribution in [0.4, 0.5) is 0 Å². The Morgan fingerprint density at radius 2 is 1.82 bits per heavy atom. The summed E-state index contributed by atoms with van der Waals surface area (Å²) in [6, 6.07) is 3.20. The zero-order valence-corrected chi connectivity index (χ0v) is 10.9. The molecule has 0 aliphatic heterocycles. The molecular formula is C11H11BrO5. The van der Waals surface area contributed by atoms with Gasteiger partial charge in [-0.1, -0.05) is 0 Å². The van der Waals surface area contributed by atoms with Gasteiger partial charge in [0.25, 0.3) is 0 Å². The summed E-state index contributed by atoms with van der Waals surface area (Å²) in [6.07, 6.45) is -0.234. The molecule has 1 N–H and O–H groups in total. The van der Waals surface area contributed by atoms with Crippen molar-refractivity contribution >= 4 is 27.7 Å². The monoisotopic (exact) mass is 302 g/mol. The third-order valence-corrected chi connectivity index (χ3v) is 2.76. The number of carboxylic acid groups (broad SMARTS) is 1. The average molecular weight is 303 g/mol. The number of ether oxygens (including phenoxy) is 2. The Balaban J connectivity index is 3.12. The maximum Gasteiger partial charge on any atom is 0.372 e. The van der Waals surface area contributed by atoms with E-state index in [2.05, 4.69) is 15.9 Å². The molecule has 0 aliphatic carbocycles. The van der Waals surface area contributed by atoms with Crippen LogP contribution in [0.1, 0.15) is 5.56 Å². The van der Waals surface area contributed by atoms with Gasteiger partial charge in [0, 0.05) is 12.0 Å². The summed E-state index contributed by atoms with van der Waals surface area (Å²) in [6.45, 7) is 0. The van der Waals surface area contributed by atoms with E-state index in [-0.39, 0.29) is 6.42 Å². The molecule has 1 aromatic carbocycles. The molecule has 6 heteroatoms. The van der Waals surface area contributed by atoms with Gasteiger partial charge < -0.3 is 14.6 Å². The highest BCUT2D eigenvalue weighted by Gasteiger charge is 2.17. The van der Waals surface area contributed by atoms with Gasteiger partial charge in [-0.15, -0.1) is 0 Å². The number of methoxy groups -OCH3 is 2. The molecule has 0 amide bonds. The molecule has 92 valence electrons. The topological polar surface area (TPSA) is 72.8 Å². The van der Waals surface area contributed by atoms with Crippen LogP contribution in [0.15, 0.2) is 16.6 Å². The number of aliphatic carboxylic acids is 1. The number of hydrogen-bond acceptors (Lipinski definition) is 4. The summed E-state index contributed by atoms with van der Waals surface area (Å²) in [5, 5.41) is 8.56. The van der Waals surface area contributed by atoms with E-state index in [1.54, 1.807) is 12.1 Å². The van der Waals surface area contributed by atoms with Crippen molar-refractivity contribution in [1.29, 1.82) is 0 Å². The van der Waals surface area contributed by atoms with Gasteiger partial charge in [0.1, 0.15) is 11.5 Å². The predicted octanol–water partition coefficient (Wildman–Crippen LogP) is 1.66. The van der Waals surface area contributed by atoms with Crippen LogP contribution < -0.4 is 9.47 Å². The molecule has 0 bridgehead atoms. The van der Waals surface area contributed by atoms with Gasteiger partial charge in [-0.3, -0.25) is 4.79 Å². The molecule has 0 saturated heterocycles. The van der Waals surface area contributed by atoms with E-state index in [4.69, 9.17) is 14.6 Å². The molecule has 0 saturated carbocycles. The number of carbonyl (C=O) groups is 2. The van der Waals surface area contributed by atoms with Crippen LogP contribution >= 0.6 is 15.9 Å². The lowest BCUT2D eigenvalue weighted by atomic mass is 10.1. The van der Waals surface area contributed by atoms with Gasteiger partial charge in [-0.05, 0) is 28.1 Å². The molecule has 0 atom stereocenters. The lowest BCUT2D eigenvalue weighted by Gasteiger charge is -2.11. The van der Waals surface area contributed by atoms with Gasteiger partial charge in [-0.2, -0.15) is 0 Å². The number of ketones is 1. The van der Waals surface area contributed by atoms with E-state index in [0.29, 0.717) is 21.5 Å². The zero-order valence-electron chi connectivity index (χ0n) is 9.32. The number of carboxylic acids is 1. The zero-order chi connectivity index (χ0) is 13.0. The van der Waals surface area contributed by atoms with E-state index < -0.39 is 11.8 Å². The summed E-state index contributed by atoms with van der Waals surface area (Å²) in [4.78, 5) is 21.7. The molecule has 0 aromatic heterocycles. The molecular weight excluding hydrogens is 292 g/mol. The molecule has 0 aliphatic rings. The Morgan fingerprint density at radius 1 is 1.24 bits per heavy atom. The largest absolute Gasteiger partial charge is 0.496 e. The standard InChI is InChI=1S/C11H11BrO5/c1-16-9-5-7(12)10(17-2)4-6(9)3-8(13)11(14)15/h4-5H,3H2,1-2H3,(H,14,15). The molecule has 5 nitrogen and oxygen atoms in total. The molecule has 0 fully saturated rings. The van der Waals surface area contributed by atoms with Crippen LogP contribution in [0.3, 0.4) is 0 Å². The number of halogens is 1. The highest BCUT2D eigenvalue weighted by atomic mass is 79.9. The molecule has 1 aromatic rings. The Hall–Kier alpha value is -1.56. The smallest absolute Gasteiger partial charge is 0.372 e. The highest BCUT2D eigenvalue weighted by molar-refractivity contribution is 9.10. The van der Waals surface area contributed by atoms with Crippen molar-refractivity contribution in [3.63, 3.8) is 0 Å². The number of benzene rings is 1. The van der Waals surface area contributed by atoms with Gasteiger partial charge in [0.2, 0.25) is 5.78 Å². The Kier molecular flexibility index (Phi) is 4.51. The minimum atomic E-state index is -1.46. The maximum absolute atomic E-state index is 11.2. The molecule has 1 rings (SSSR count). The second-order valence-electron chi connectivity index (χ2n) is 3.20. The maximum atomic E-state index is 11.2. The van der Waals surface area contributed by atoms with Crippen molar-refractivity contribution in [1.82, 2.24) is 0 Å². The fraction of sp³-hybridized carbons (Fsp3) is 0.273. The lowest BCUT2D eigenvalue weighted by molar-refractivity contribution is -0.148. The van der Waals surface area contributed by atoms with Crippen LogP contribution in [-0.4, -0.2) is 31.1 Å². The first kappa shape index (κ1) is 13.5. The molecule has 0 unspecified atom stereocenters. The van der Waals surface area contributed by atoms with Crippen molar-refractivity contribution < 1.29 is 24.2 Å². The van der Waals surface area contributed by atoms with Crippen LogP contribution in [-0.2, 0) is 16.0 Å². The van der Waals surface area contributed by atoms with E-state index in [1.807, 2.05) is 0 Å². The summed E-state index contributed by atoms with van der Waals surface area (Å²) >= 11 is 3.27. The van der Waals surface area contributed by atoms with Crippen LogP contribution in [0, 0.1) is 0 Å². The average Bonchev–Trinajstić information content (AvgIpc) is 2.30. The van der Waals surface area contributed by atoms with Gasteiger partial charge in [0.05, 0.1) is 18.7 Å². The second-order valence-corrected chi connectivity index (χ2v) is 4.06. The molecule has 0 spiro atoms. The second kappa shape index (κ2) is 5.67. The van der Waals surface area contributed by atoms with Crippen molar-refractivity contribution in [2.24, 2.45) is 0 Å². The highest BCUT2D eigenvalue weighted by Crippen LogP contribution is 2.33. The van der Waals surface area contributed by atoms with Crippen molar-refractivity contribution in [2.45, 2.75) is 6.42 Å². The molecule has 17 heavy (non-hydrogen) atoms. The van der Waals surface area contributed by atoms with E-state index in [1.165, 1.54) is 14.2 Å². The normalized spacial score (nSPS) is 9.82. The van der Waals surface area contributed by atoms with E-state index in [0.717, 1.165) is 0 Å². The minimum absolute atomic E-state index is 0.234. The molecule has 0 heterocycles. The SMILES string of the molecule is COc1cc(CC(=O)C(=O)O)c(OC)cc1Br. The van der Waals surface area contributed by atoms with Crippen molar-refractivity contribution in [2.75, 3.05) is 14.2 Å². The summed E-state index contributed by atoms with van der Waals surface area (Å²) in [5.41, 5.74) is 0.472. The minimum Gasteiger partial charge on any atom is -0.496 e. The summed E-state index contributed by atoms with van der Waals surface area (Å²) < 4.78 is 10.8. The van der Waals surface area contributed by atoms with Crippen LogP contribution in [0.25, 0.3) is 0 Å². The third kappa shape index (κ3) is 3.20. The third-order valence-electron chi connectivity index (χ3n) is 2.14. The fourth-order valence-electron chi connectivity index (χ4n) is 1.31.